The van der Waals surface area contributed by atoms with Gasteiger partial charge >= 0.3 is 0 Å². The molecule has 0 radical (unpaired) electrons. The third-order valence-electron chi connectivity index (χ3n) is 2.00. The summed E-state index contributed by atoms with van der Waals surface area (Å²) in [5.41, 5.74) is 1.12. The summed E-state index contributed by atoms with van der Waals surface area (Å²) in [6.07, 6.45) is 0. The van der Waals surface area contributed by atoms with E-state index in [0.29, 0.717) is 0 Å². The summed E-state index contributed by atoms with van der Waals surface area (Å²) in [4.78, 5) is 2.48. The SMILES string of the molecule is Cc1cc(C(Br)c2sccc2Cl)sc1Cl. The first-order valence-electron chi connectivity index (χ1n) is 4.22. The number of aryl methyl sites for hydroxylation is 1. The zero-order chi connectivity index (χ0) is 11.0. The number of halogens is 3. The van der Waals surface area contributed by atoms with Gasteiger partial charge in [0.05, 0.1) is 14.2 Å². The highest BCUT2D eigenvalue weighted by Gasteiger charge is 2.18. The maximum absolute atomic E-state index is 6.08. The summed E-state index contributed by atoms with van der Waals surface area (Å²) in [7, 11) is 0. The van der Waals surface area contributed by atoms with E-state index in [9.17, 15) is 0 Å². The molecule has 0 bridgehead atoms. The molecule has 0 saturated carbocycles. The number of hydrogen-bond donors (Lipinski definition) is 0. The highest BCUT2D eigenvalue weighted by Crippen LogP contribution is 2.43. The van der Waals surface area contributed by atoms with Gasteiger partial charge in [0, 0.05) is 9.75 Å². The van der Waals surface area contributed by atoms with E-state index in [1.807, 2.05) is 18.4 Å². The van der Waals surface area contributed by atoms with Crippen LogP contribution in [0.4, 0.5) is 0 Å². The molecule has 0 aliphatic carbocycles. The van der Waals surface area contributed by atoms with Crippen LogP contribution < -0.4 is 0 Å². The molecule has 0 spiro atoms. The second-order valence-corrected chi connectivity index (χ2v) is 7.06. The number of rotatable bonds is 2. The van der Waals surface area contributed by atoms with Crippen molar-refractivity contribution in [1.82, 2.24) is 0 Å². The molecule has 1 unspecified atom stereocenters. The van der Waals surface area contributed by atoms with E-state index in [4.69, 9.17) is 23.2 Å². The van der Waals surface area contributed by atoms with Crippen LogP contribution in [-0.2, 0) is 0 Å². The minimum atomic E-state index is 0.154. The molecule has 0 aliphatic heterocycles. The van der Waals surface area contributed by atoms with Gasteiger partial charge in [-0.2, -0.15) is 0 Å². The molecule has 0 aromatic carbocycles. The maximum atomic E-state index is 6.08. The molecule has 0 N–H and O–H groups in total. The molecule has 1 atom stereocenters. The summed E-state index contributed by atoms with van der Waals surface area (Å²) in [5.74, 6) is 0. The Labute approximate surface area is 115 Å². The maximum Gasteiger partial charge on any atom is 0.0960 e. The van der Waals surface area contributed by atoms with Crippen molar-refractivity contribution in [2.24, 2.45) is 0 Å². The monoisotopic (exact) mass is 340 g/mol. The van der Waals surface area contributed by atoms with Crippen LogP contribution in [0.5, 0.6) is 0 Å². The molecular weight excluding hydrogens is 335 g/mol. The summed E-state index contributed by atoms with van der Waals surface area (Å²) >= 11 is 19.0. The van der Waals surface area contributed by atoms with Crippen molar-refractivity contribution < 1.29 is 0 Å². The van der Waals surface area contributed by atoms with Crippen molar-refractivity contribution in [2.45, 2.75) is 11.8 Å². The Morgan fingerprint density at radius 3 is 2.60 bits per heavy atom. The smallest absolute Gasteiger partial charge is 0.0960 e. The Bertz CT molecular complexity index is 456. The van der Waals surface area contributed by atoms with Gasteiger partial charge < -0.3 is 0 Å². The Morgan fingerprint density at radius 1 is 1.40 bits per heavy atom. The van der Waals surface area contributed by atoms with Gasteiger partial charge in [-0.1, -0.05) is 39.1 Å². The lowest BCUT2D eigenvalue weighted by molar-refractivity contribution is 1.28. The summed E-state index contributed by atoms with van der Waals surface area (Å²) < 4.78 is 0.849. The van der Waals surface area contributed by atoms with Crippen molar-refractivity contribution >= 4 is 61.8 Å². The van der Waals surface area contributed by atoms with Crippen molar-refractivity contribution in [3.8, 4) is 0 Å². The number of alkyl halides is 1. The van der Waals surface area contributed by atoms with Crippen molar-refractivity contribution in [1.29, 1.82) is 0 Å². The van der Waals surface area contributed by atoms with E-state index < -0.39 is 0 Å². The molecule has 2 aromatic heterocycles. The van der Waals surface area contributed by atoms with Crippen LogP contribution >= 0.6 is 61.8 Å². The molecule has 2 aromatic rings. The molecule has 0 aliphatic rings. The Balaban J connectivity index is 2.36. The Kier molecular flexibility index (Phi) is 3.79. The molecule has 0 saturated heterocycles. The van der Waals surface area contributed by atoms with Crippen LogP contribution in [-0.4, -0.2) is 0 Å². The average Bonchev–Trinajstić information content (AvgIpc) is 2.74. The third-order valence-corrected chi connectivity index (χ3v) is 6.60. The standard InChI is InChI=1S/C10H7BrCl2S2/c1-5-4-7(15-10(5)13)8(11)9-6(12)2-3-14-9/h2-4,8H,1H3. The van der Waals surface area contributed by atoms with E-state index in [1.165, 1.54) is 4.88 Å². The fraction of sp³-hybridized carbons (Fsp3) is 0.200. The van der Waals surface area contributed by atoms with Crippen LogP contribution in [0, 0.1) is 6.92 Å². The lowest BCUT2D eigenvalue weighted by atomic mass is 10.2. The molecule has 2 heterocycles. The topological polar surface area (TPSA) is 0 Å². The third kappa shape index (κ3) is 2.42. The van der Waals surface area contributed by atoms with Crippen molar-refractivity contribution in [3.63, 3.8) is 0 Å². The van der Waals surface area contributed by atoms with E-state index >= 15 is 0 Å². The van der Waals surface area contributed by atoms with E-state index in [-0.39, 0.29) is 4.83 Å². The number of hydrogen-bond acceptors (Lipinski definition) is 2. The minimum absolute atomic E-state index is 0.154. The lowest BCUT2D eigenvalue weighted by Gasteiger charge is -2.04. The first-order valence-corrected chi connectivity index (χ1v) is 7.59. The van der Waals surface area contributed by atoms with Gasteiger partial charge in [0.15, 0.2) is 0 Å². The molecule has 0 amide bonds. The first kappa shape index (κ1) is 11.9. The fourth-order valence-electron chi connectivity index (χ4n) is 1.22. The molecule has 15 heavy (non-hydrogen) atoms. The zero-order valence-electron chi connectivity index (χ0n) is 7.76. The van der Waals surface area contributed by atoms with Gasteiger partial charge in [-0.25, -0.2) is 0 Å². The quantitative estimate of drug-likeness (QED) is 0.595. The van der Waals surface area contributed by atoms with E-state index in [1.54, 1.807) is 22.7 Å². The zero-order valence-corrected chi connectivity index (χ0v) is 12.5. The normalized spacial score (nSPS) is 13.1. The number of thiophene rings is 2. The fourth-order valence-corrected chi connectivity index (χ4v) is 4.78. The van der Waals surface area contributed by atoms with E-state index in [2.05, 4.69) is 22.0 Å². The van der Waals surface area contributed by atoms with Gasteiger partial charge in [0.1, 0.15) is 0 Å². The Morgan fingerprint density at radius 2 is 2.13 bits per heavy atom. The lowest BCUT2D eigenvalue weighted by Crippen LogP contribution is -1.85. The van der Waals surface area contributed by atoms with Crippen molar-refractivity contribution in [3.05, 3.63) is 42.2 Å². The highest BCUT2D eigenvalue weighted by molar-refractivity contribution is 9.09. The van der Waals surface area contributed by atoms with Gasteiger partial charge in [-0.15, -0.1) is 22.7 Å². The second kappa shape index (κ2) is 4.76. The van der Waals surface area contributed by atoms with Crippen LogP contribution in [0.15, 0.2) is 17.5 Å². The molecule has 0 nitrogen and oxygen atoms in total. The largest absolute Gasteiger partial charge is 0.146 e. The van der Waals surface area contributed by atoms with Crippen LogP contribution in [0.1, 0.15) is 20.1 Å². The predicted molar refractivity (Wildman–Crippen MR) is 74.2 cm³/mol. The molecule has 80 valence electrons. The van der Waals surface area contributed by atoms with Crippen LogP contribution in [0.3, 0.4) is 0 Å². The molecular formula is C10H7BrCl2S2. The summed E-state index contributed by atoms with van der Waals surface area (Å²) in [6.45, 7) is 2.01. The van der Waals surface area contributed by atoms with Crippen molar-refractivity contribution in [2.75, 3.05) is 0 Å². The van der Waals surface area contributed by atoms with Crippen LogP contribution in [0.25, 0.3) is 0 Å². The first-order chi connectivity index (χ1) is 7.09. The minimum Gasteiger partial charge on any atom is -0.146 e. The molecule has 0 fully saturated rings. The summed E-state index contributed by atoms with van der Waals surface area (Å²) in [5, 5.41) is 2.80. The van der Waals surface area contributed by atoms with Gasteiger partial charge in [0.25, 0.3) is 0 Å². The summed E-state index contributed by atoms with van der Waals surface area (Å²) in [6, 6.07) is 4.01. The van der Waals surface area contributed by atoms with Crippen LogP contribution in [0.2, 0.25) is 9.36 Å². The highest BCUT2D eigenvalue weighted by atomic mass is 79.9. The Hall–Kier alpha value is 0.460. The molecule has 2 rings (SSSR count). The van der Waals surface area contributed by atoms with Gasteiger partial charge in [-0.3, -0.25) is 0 Å². The van der Waals surface area contributed by atoms with E-state index in [0.717, 1.165) is 19.8 Å². The van der Waals surface area contributed by atoms with Gasteiger partial charge in [-0.05, 0) is 30.0 Å². The van der Waals surface area contributed by atoms with Gasteiger partial charge in [0.2, 0.25) is 0 Å². The molecule has 5 heteroatoms. The average molecular weight is 342 g/mol. The predicted octanol–water partition coefficient (Wildman–Crippen LogP) is 5.91. The second-order valence-electron chi connectivity index (χ2n) is 3.10.